The molecule has 0 amide bonds. The highest BCUT2D eigenvalue weighted by molar-refractivity contribution is 7.21. The van der Waals surface area contributed by atoms with Crippen LogP contribution in [0, 0.1) is 6.92 Å². The van der Waals surface area contributed by atoms with Crippen LogP contribution in [0.15, 0.2) is 36.4 Å². The van der Waals surface area contributed by atoms with Crippen molar-refractivity contribution >= 4 is 33.2 Å². The van der Waals surface area contributed by atoms with Crippen LogP contribution in [0.25, 0.3) is 20.8 Å². The fourth-order valence-electron chi connectivity index (χ4n) is 1.88. The van der Waals surface area contributed by atoms with Gasteiger partial charge in [0.05, 0.1) is 15.8 Å². The van der Waals surface area contributed by atoms with E-state index in [2.05, 4.69) is 4.98 Å². The van der Waals surface area contributed by atoms with Crippen molar-refractivity contribution in [1.29, 1.82) is 0 Å². The van der Waals surface area contributed by atoms with E-state index in [0.717, 1.165) is 20.8 Å². The van der Waals surface area contributed by atoms with Gasteiger partial charge in [0.1, 0.15) is 10.8 Å². The molecule has 0 aliphatic heterocycles. The first-order chi connectivity index (χ1) is 8.65. The molecule has 0 aliphatic rings. The van der Waals surface area contributed by atoms with Gasteiger partial charge in [0.2, 0.25) is 0 Å². The van der Waals surface area contributed by atoms with E-state index in [1.54, 1.807) is 29.5 Å². The third kappa shape index (κ3) is 1.85. The average Bonchev–Trinajstić information content (AvgIpc) is 2.77. The van der Waals surface area contributed by atoms with Gasteiger partial charge in [0.15, 0.2) is 0 Å². The molecule has 0 saturated heterocycles. The lowest BCUT2D eigenvalue weighted by Gasteiger charge is -2.00. The van der Waals surface area contributed by atoms with Gasteiger partial charge in [0, 0.05) is 5.02 Å². The molecule has 0 radical (unpaired) electrons. The zero-order valence-corrected chi connectivity index (χ0v) is 11.2. The van der Waals surface area contributed by atoms with Crippen molar-refractivity contribution in [2.24, 2.45) is 0 Å². The number of phenolic OH excluding ortho intramolecular Hbond substituents is 1. The molecule has 0 atom stereocenters. The molecule has 1 aromatic heterocycles. The first-order valence-electron chi connectivity index (χ1n) is 5.50. The molecule has 18 heavy (non-hydrogen) atoms. The van der Waals surface area contributed by atoms with Gasteiger partial charge in [-0.1, -0.05) is 23.7 Å². The van der Waals surface area contributed by atoms with Crippen LogP contribution in [0.1, 0.15) is 5.56 Å². The Labute approximate surface area is 113 Å². The molecule has 0 saturated carbocycles. The molecule has 0 spiro atoms. The van der Waals surface area contributed by atoms with Crippen LogP contribution >= 0.6 is 22.9 Å². The van der Waals surface area contributed by atoms with E-state index in [4.69, 9.17) is 11.6 Å². The monoisotopic (exact) mass is 275 g/mol. The normalized spacial score (nSPS) is 11.0. The molecule has 3 rings (SSSR count). The van der Waals surface area contributed by atoms with Crippen LogP contribution in [-0.4, -0.2) is 10.1 Å². The Balaban J connectivity index is 2.26. The van der Waals surface area contributed by atoms with Gasteiger partial charge < -0.3 is 5.11 Å². The Kier molecular flexibility index (Phi) is 2.73. The van der Waals surface area contributed by atoms with Gasteiger partial charge in [-0.25, -0.2) is 4.98 Å². The number of benzene rings is 2. The van der Waals surface area contributed by atoms with Crippen molar-refractivity contribution in [2.75, 3.05) is 0 Å². The number of aromatic hydroxyl groups is 1. The van der Waals surface area contributed by atoms with Crippen LogP contribution in [0.4, 0.5) is 0 Å². The maximum Gasteiger partial charge on any atom is 0.128 e. The molecule has 3 aromatic rings. The number of nitrogens with zero attached hydrogens (tertiary/aromatic N) is 1. The number of para-hydroxylation sites is 1. The largest absolute Gasteiger partial charge is 0.507 e. The summed E-state index contributed by atoms with van der Waals surface area (Å²) < 4.78 is 1.12. The summed E-state index contributed by atoms with van der Waals surface area (Å²) in [4.78, 5) is 4.58. The average molecular weight is 276 g/mol. The SMILES string of the molecule is Cc1cccc2sc(-c3cc(Cl)ccc3O)nc12. The minimum absolute atomic E-state index is 0.205. The van der Waals surface area contributed by atoms with E-state index in [-0.39, 0.29) is 5.75 Å². The number of hydrogen-bond donors (Lipinski definition) is 1. The predicted molar refractivity (Wildman–Crippen MR) is 76.5 cm³/mol. The maximum absolute atomic E-state index is 9.89. The Morgan fingerprint density at radius 1 is 1.22 bits per heavy atom. The van der Waals surface area contributed by atoms with Crippen LogP contribution in [0.2, 0.25) is 5.02 Å². The van der Waals surface area contributed by atoms with E-state index in [0.29, 0.717) is 10.6 Å². The highest BCUT2D eigenvalue weighted by atomic mass is 35.5. The van der Waals surface area contributed by atoms with E-state index in [1.807, 2.05) is 25.1 Å². The summed E-state index contributed by atoms with van der Waals surface area (Å²) in [5.41, 5.74) is 2.80. The second-order valence-electron chi connectivity index (χ2n) is 4.10. The molecular weight excluding hydrogens is 266 g/mol. The quantitative estimate of drug-likeness (QED) is 0.702. The third-order valence-corrected chi connectivity index (χ3v) is 4.10. The van der Waals surface area contributed by atoms with Gasteiger partial charge in [-0.15, -0.1) is 11.3 Å². The number of thiazole rings is 1. The molecular formula is C14H10ClNOS. The minimum atomic E-state index is 0.205. The van der Waals surface area contributed by atoms with Crippen molar-refractivity contribution in [2.45, 2.75) is 6.92 Å². The summed E-state index contributed by atoms with van der Waals surface area (Å²) in [6.07, 6.45) is 0. The zero-order chi connectivity index (χ0) is 12.7. The molecule has 90 valence electrons. The van der Waals surface area contributed by atoms with Crippen molar-refractivity contribution in [1.82, 2.24) is 4.98 Å². The summed E-state index contributed by atoms with van der Waals surface area (Å²) in [5.74, 6) is 0.205. The Hall–Kier alpha value is -1.58. The standard InChI is InChI=1S/C14H10ClNOS/c1-8-3-2-4-12-13(8)16-14(18-12)10-7-9(15)5-6-11(10)17/h2-7,17H,1H3. The second kappa shape index (κ2) is 4.26. The Morgan fingerprint density at radius 2 is 2.06 bits per heavy atom. The number of halogens is 1. The predicted octanol–water partition coefficient (Wildman–Crippen LogP) is 4.63. The molecule has 2 nitrogen and oxygen atoms in total. The van der Waals surface area contributed by atoms with Crippen molar-refractivity contribution in [3.05, 3.63) is 47.0 Å². The van der Waals surface area contributed by atoms with E-state index in [9.17, 15) is 5.11 Å². The first-order valence-corrected chi connectivity index (χ1v) is 6.69. The zero-order valence-electron chi connectivity index (χ0n) is 9.64. The molecule has 2 aromatic carbocycles. The van der Waals surface area contributed by atoms with Gasteiger partial charge in [-0.05, 0) is 36.8 Å². The highest BCUT2D eigenvalue weighted by Gasteiger charge is 2.11. The number of phenols is 1. The van der Waals surface area contributed by atoms with E-state index >= 15 is 0 Å². The van der Waals surface area contributed by atoms with Gasteiger partial charge in [-0.3, -0.25) is 0 Å². The Bertz CT molecular complexity index is 736. The summed E-state index contributed by atoms with van der Waals surface area (Å²) in [6, 6.07) is 11.1. The van der Waals surface area contributed by atoms with Crippen molar-refractivity contribution < 1.29 is 5.11 Å². The van der Waals surface area contributed by atoms with E-state index < -0.39 is 0 Å². The summed E-state index contributed by atoms with van der Waals surface area (Å²) >= 11 is 7.52. The molecule has 4 heteroatoms. The minimum Gasteiger partial charge on any atom is -0.507 e. The molecule has 0 bridgehead atoms. The van der Waals surface area contributed by atoms with Crippen LogP contribution in [0.5, 0.6) is 5.75 Å². The van der Waals surface area contributed by atoms with Gasteiger partial charge in [-0.2, -0.15) is 0 Å². The number of hydrogen-bond acceptors (Lipinski definition) is 3. The summed E-state index contributed by atoms with van der Waals surface area (Å²) in [6.45, 7) is 2.03. The van der Waals surface area contributed by atoms with Crippen LogP contribution in [-0.2, 0) is 0 Å². The first kappa shape index (κ1) is 11.5. The van der Waals surface area contributed by atoms with Crippen LogP contribution in [0.3, 0.4) is 0 Å². The lowest BCUT2D eigenvalue weighted by atomic mass is 10.2. The van der Waals surface area contributed by atoms with Crippen molar-refractivity contribution in [3.8, 4) is 16.3 Å². The number of aryl methyl sites for hydroxylation is 1. The summed E-state index contributed by atoms with van der Waals surface area (Å²) in [7, 11) is 0. The lowest BCUT2D eigenvalue weighted by molar-refractivity contribution is 0.477. The van der Waals surface area contributed by atoms with E-state index in [1.165, 1.54) is 0 Å². The van der Waals surface area contributed by atoms with Crippen molar-refractivity contribution in [3.63, 3.8) is 0 Å². The second-order valence-corrected chi connectivity index (χ2v) is 5.57. The molecule has 1 N–H and O–H groups in total. The summed E-state index contributed by atoms with van der Waals surface area (Å²) in [5, 5.41) is 11.3. The number of fused-ring (bicyclic) bond motifs is 1. The third-order valence-electron chi connectivity index (χ3n) is 2.81. The van der Waals surface area contributed by atoms with Crippen LogP contribution < -0.4 is 0 Å². The number of rotatable bonds is 1. The smallest absolute Gasteiger partial charge is 0.128 e. The molecule has 1 heterocycles. The topological polar surface area (TPSA) is 33.1 Å². The van der Waals surface area contributed by atoms with Gasteiger partial charge in [0.25, 0.3) is 0 Å². The highest BCUT2D eigenvalue weighted by Crippen LogP contribution is 2.37. The fourth-order valence-corrected chi connectivity index (χ4v) is 3.12. The fraction of sp³-hybridized carbons (Fsp3) is 0.0714. The number of aromatic nitrogens is 1. The molecule has 0 unspecified atom stereocenters. The lowest BCUT2D eigenvalue weighted by Crippen LogP contribution is -1.79. The Morgan fingerprint density at radius 3 is 2.83 bits per heavy atom. The van der Waals surface area contributed by atoms with Gasteiger partial charge >= 0.3 is 0 Å². The molecule has 0 fully saturated rings. The maximum atomic E-state index is 9.89. The molecule has 0 aliphatic carbocycles.